The molecule has 0 spiro atoms. The fourth-order valence-corrected chi connectivity index (χ4v) is 3.92. The van der Waals surface area contributed by atoms with Crippen LogP contribution in [0.5, 0.6) is 5.75 Å². The molecule has 0 aliphatic carbocycles. The maximum absolute atomic E-state index is 12.9. The summed E-state index contributed by atoms with van der Waals surface area (Å²) in [7, 11) is 3.25. The predicted octanol–water partition coefficient (Wildman–Crippen LogP) is 4.93. The van der Waals surface area contributed by atoms with Gasteiger partial charge in [-0.3, -0.25) is 4.90 Å². The van der Waals surface area contributed by atoms with E-state index in [9.17, 15) is 4.79 Å². The zero-order valence-corrected chi connectivity index (χ0v) is 19.4. The summed E-state index contributed by atoms with van der Waals surface area (Å²) >= 11 is 6.08. The molecule has 2 heterocycles. The number of methoxy groups -OCH3 is 2. The summed E-state index contributed by atoms with van der Waals surface area (Å²) in [5, 5.41) is 7.87. The van der Waals surface area contributed by atoms with E-state index in [-0.39, 0.29) is 6.03 Å². The molecule has 2 amide bonds. The normalized spacial score (nSPS) is 16.2. The van der Waals surface area contributed by atoms with Gasteiger partial charge in [-0.2, -0.15) is 4.98 Å². The highest BCUT2D eigenvalue weighted by molar-refractivity contribution is 6.30. The molecule has 0 saturated heterocycles. The molecule has 2 aromatic carbocycles. The molecule has 1 N–H and O–H groups in total. The third kappa shape index (κ3) is 4.86. The molecule has 4 rings (SSSR count). The van der Waals surface area contributed by atoms with Crippen molar-refractivity contribution in [2.45, 2.75) is 19.4 Å². The van der Waals surface area contributed by atoms with Crippen LogP contribution < -0.4 is 10.1 Å². The second kappa shape index (κ2) is 10.1. The number of nitrogens with zero attached hydrogens (tertiary/aromatic N) is 3. The minimum absolute atomic E-state index is 0.192. The zero-order valence-electron chi connectivity index (χ0n) is 18.7. The second-order valence-electron chi connectivity index (χ2n) is 7.58. The zero-order chi connectivity index (χ0) is 23.4. The molecule has 0 radical (unpaired) electrons. The lowest BCUT2D eigenvalue weighted by Crippen LogP contribution is -2.46. The lowest BCUT2D eigenvalue weighted by molar-refractivity contribution is 0.174. The maximum Gasteiger partial charge on any atom is 0.322 e. The van der Waals surface area contributed by atoms with E-state index in [4.69, 9.17) is 25.6 Å². The highest BCUT2D eigenvalue weighted by Gasteiger charge is 2.35. The van der Waals surface area contributed by atoms with Crippen LogP contribution in [0.2, 0.25) is 5.02 Å². The Morgan fingerprint density at radius 1 is 1.12 bits per heavy atom. The molecule has 3 aromatic rings. The Labute approximate surface area is 197 Å². The number of rotatable bonds is 8. The first-order valence-corrected chi connectivity index (χ1v) is 10.9. The summed E-state index contributed by atoms with van der Waals surface area (Å²) in [6.45, 7) is 2.94. The third-order valence-corrected chi connectivity index (χ3v) is 5.79. The summed E-state index contributed by atoms with van der Waals surface area (Å²) in [6.07, 6.45) is 0.696. The number of hydrogen-bond donors (Lipinski definition) is 1. The number of amides is 2. The second-order valence-corrected chi connectivity index (χ2v) is 8.02. The van der Waals surface area contributed by atoms with Crippen LogP contribution in [0.15, 0.2) is 58.8 Å². The van der Waals surface area contributed by atoms with Crippen molar-refractivity contribution in [3.05, 3.63) is 70.7 Å². The first-order valence-electron chi connectivity index (χ1n) is 10.5. The quantitative estimate of drug-likeness (QED) is 0.471. The summed E-state index contributed by atoms with van der Waals surface area (Å²) < 4.78 is 16.1. The molecule has 0 saturated carbocycles. The molecule has 8 nitrogen and oxygen atoms in total. The molecular weight excluding hydrogens is 444 g/mol. The van der Waals surface area contributed by atoms with Crippen molar-refractivity contribution < 1.29 is 18.8 Å². The van der Waals surface area contributed by atoms with E-state index in [0.717, 1.165) is 28.1 Å². The number of halogens is 1. The Kier molecular flexibility index (Phi) is 6.96. The largest absolute Gasteiger partial charge is 0.497 e. The van der Waals surface area contributed by atoms with Gasteiger partial charge in [0, 0.05) is 36.5 Å². The van der Waals surface area contributed by atoms with Crippen LogP contribution in [-0.2, 0) is 4.74 Å². The van der Waals surface area contributed by atoms with E-state index in [1.165, 1.54) is 0 Å². The molecule has 1 aliphatic rings. The van der Waals surface area contributed by atoms with Gasteiger partial charge in [0.15, 0.2) is 0 Å². The number of carbonyl (C=O) groups excluding carboxylic acids is 1. The Morgan fingerprint density at radius 3 is 2.52 bits per heavy atom. The van der Waals surface area contributed by atoms with Gasteiger partial charge < -0.3 is 19.3 Å². The fraction of sp³-hybridized carbons (Fsp3) is 0.292. The van der Waals surface area contributed by atoms with E-state index in [2.05, 4.69) is 15.5 Å². The van der Waals surface area contributed by atoms with Gasteiger partial charge >= 0.3 is 6.03 Å². The maximum atomic E-state index is 12.9. The standard InChI is InChI=1S/C24H25ClN4O4/c1-15-20(23-27-22(28-33-23)17-7-11-19(32-3)12-8-17)21(16-5-9-18(25)10-6-16)26-24(30)29(15)13-4-14-31-2/h5-12,21H,4,13-14H2,1-3H3,(H,26,30). The van der Waals surface area contributed by atoms with Gasteiger partial charge in [-0.05, 0) is 55.3 Å². The number of nitrogens with one attached hydrogen (secondary N) is 1. The van der Waals surface area contributed by atoms with E-state index in [1.54, 1.807) is 31.3 Å². The Balaban J connectivity index is 1.74. The molecule has 1 aromatic heterocycles. The van der Waals surface area contributed by atoms with E-state index >= 15 is 0 Å². The number of carbonyl (C=O) groups is 1. The van der Waals surface area contributed by atoms with Crippen molar-refractivity contribution in [3.63, 3.8) is 0 Å². The predicted molar refractivity (Wildman–Crippen MR) is 125 cm³/mol. The lowest BCUT2D eigenvalue weighted by atomic mass is 9.94. The number of benzene rings is 2. The summed E-state index contributed by atoms with van der Waals surface area (Å²) in [5.41, 5.74) is 3.15. The highest BCUT2D eigenvalue weighted by Crippen LogP contribution is 2.37. The molecule has 1 unspecified atom stereocenters. The molecule has 0 bridgehead atoms. The van der Waals surface area contributed by atoms with Crippen LogP contribution in [0.4, 0.5) is 4.79 Å². The van der Waals surface area contributed by atoms with Crippen molar-refractivity contribution in [2.24, 2.45) is 0 Å². The number of allylic oxidation sites excluding steroid dienone is 1. The van der Waals surface area contributed by atoms with E-state index < -0.39 is 6.04 Å². The first kappa shape index (κ1) is 22.8. The monoisotopic (exact) mass is 468 g/mol. The van der Waals surface area contributed by atoms with Gasteiger partial charge in [0.1, 0.15) is 5.75 Å². The Bertz CT molecular complexity index is 1140. The summed E-state index contributed by atoms with van der Waals surface area (Å²) in [5.74, 6) is 1.53. The summed E-state index contributed by atoms with van der Waals surface area (Å²) in [6, 6.07) is 14.1. The van der Waals surface area contributed by atoms with Gasteiger partial charge in [0.05, 0.1) is 18.7 Å². The smallest absolute Gasteiger partial charge is 0.322 e. The highest BCUT2D eigenvalue weighted by atomic mass is 35.5. The van der Waals surface area contributed by atoms with Gasteiger partial charge in [-0.15, -0.1) is 0 Å². The number of urea groups is 1. The molecule has 9 heteroatoms. The average Bonchev–Trinajstić information content (AvgIpc) is 3.31. The van der Waals surface area contributed by atoms with E-state index in [1.807, 2.05) is 43.3 Å². The van der Waals surface area contributed by atoms with Crippen molar-refractivity contribution >= 4 is 23.2 Å². The molecule has 33 heavy (non-hydrogen) atoms. The van der Waals surface area contributed by atoms with Crippen LogP contribution in [0.3, 0.4) is 0 Å². The van der Waals surface area contributed by atoms with Crippen molar-refractivity contribution in [1.82, 2.24) is 20.4 Å². The Hall–Kier alpha value is -3.36. The average molecular weight is 469 g/mol. The van der Waals surface area contributed by atoms with Crippen LogP contribution in [0.25, 0.3) is 17.0 Å². The molecule has 1 aliphatic heterocycles. The lowest BCUT2D eigenvalue weighted by Gasteiger charge is -2.35. The summed E-state index contributed by atoms with van der Waals surface area (Å²) in [4.78, 5) is 19.3. The Morgan fingerprint density at radius 2 is 1.85 bits per heavy atom. The fourth-order valence-electron chi connectivity index (χ4n) is 3.79. The number of hydrogen-bond acceptors (Lipinski definition) is 6. The molecular formula is C24H25ClN4O4. The van der Waals surface area contributed by atoms with Crippen molar-refractivity contribution in [1.29, 1.82) is 0 Å². The van der Waals surface area contributed by atoms with Gasteiger partial charge in [-0.25, -0.2) is 4.79 Å². The minimum atomic E-state index is -0.461. The van der Waals surface area contributed by atoms with Crippen LogP contribution in [-0.4, -0.2) is 48.4 Å². The first-order chi connectivity index (χ1) is 16.0. The van der Waals surface area contributed by atoms with Gasteiger partial charge in [0.25, 0.3) is 5.89 Å². The van der Waals surface area contributed by atoms with Gasteiger partial charge in [0.2, 0.25) is 5.82 Å². The molecule has 172 valence electrons. The SMILES string of the molecule is COCCCN1C(=O)NC(c2ccc(Cl)cc2)C(c2nc(-c3ccc(OC)cc3)no2)=C1C. The minimum Gasteiger partial charge on any atom is -0.497 e. The van der Waals surface area contributed by atoms with Crippen molar-refractivity contribution in [2.75, 3.05) is 27.4 Å². The van der Waals surface area contributed by atoms with Crippen LogP contribution >= 0.6 is 11.6 Å². The molecule has 1 atom stereocenters. The van der Waals surface area contributed by atoms with Crippen molar-refractivity contribution in [3.8, 4) is 17.1 Å². The topological polar surface area (TPSA) is 89.7 Å². The number of aromatic nitrogens is 2. The van der Waals surface area contributed by atoms with E-state index in [0.29, 0.717) is 36.3 Å². The number of ether oxygens (including phenoxy) is 2. The van der Waals surface area contributed by atoms with Crippen LogP contribution in [0, 0.1) is 0 Å². The van der Waals surface area contributed by atoms with Crippen LogP contribution in [0.1, 0.15) is 30.8 Å². The third-order valence-electron chi connectivity index (χ3n) is 5.53. The van der Waals surface area contributed by atoms with Gasteiger partial charge in [-0.1, -0.05) is 28.9 Å². The molecule has 0 fully saturated rings.